The molecule has 1 fully saturated rings. The Morgan fingerprint density at radius 1 is 1.12 bits per heavy atom. The minimum absolute atomic E-state index is 0.00367. The van der Waals surface area contributed by atoms with E-state index in [0.717, 1.165) is 44.5 Å². The van der Waals surface area contributed by atoms with E-state index in [0.29, 0.717) is 16.6 Å². The van der Waals surface area contributed by atoms with E-state index < -0.39 is 0 Å². The molecule has 2 amide bonds. The van der Waals surface area contributed by atoms with Crippen LogP contribution in [0, 0.1) is 0 Å². The Bertz CT molecular complexity index is 852. The number of nitrogens with zero attached hydrogens (tertiary/aromatic N) is 2. The molecule has 0 saturated heterocycles. The van der Waals surface area contributed by atoms with Crippen molar-refractivity contribution in [2.45, 2.75) is 64.0 Å². The molecule has 1 saturated carbocycles. The van der Waals surface area contributed by atoms with Crippen molar-refractivity contribution < 1.29 is 4.79 Å². The van der Waals surface area contributed by atoms with Crippen molar-refractivity contribution in [3.05, 3.63) is 34.4 Å². The molecule has 25 heavy (non-hydrogen) atoms. The number of carbonyl (C=O) groups excluding carboxylic acids is 1. The van der Waals surface area contributed by atoms with Gasteiger partial charge in [-0.15, -0.1) is 0 Å². The average molecular weight is 340 g/mol. The van der Waals surface area contributed by atoms with Crippen LogP contribution in [0.5, 0.6) is 0 Å². The summed E-state index contributed by atoms with van der Waals surface area (Å²) in [5, 5.41) is 6.46. The minimum Gasteiger partial charge on any atom is -0.335 e. The molecule has 2 aromatic rings. The van der Waals surface area contributed by atoms with Gasteiger partial charge in [0, 0.05) is 24.7 Å². The number of rotatable bonds is 2. The zero-order chi connectivity index (χ0) is 17.2. The highest BCUT2D eigenvalue weighted by molar-refractivity contribution is 5.92. The maximum Gasteiger partial charge on any atom is 0.319 e. The van der Waals surface area contributed by atoms with E-state index in [2.05, 4.69) is 15.6 Å². The maximum atomic E-state index is 12.7. The molecule has 1 aromatic heterocycles. The molecule has 2 aliphatic rings. The van der Waals surface area contributed by atoms with Crippen LogP contribution in [0.3, 0.4) is 0 Å². The molecule has 6 heteroatoms. The molecule has 1 aliphatic heterocycles. The van der Waals surface area contributed by atoms with E-state index in [9.17, 15) is 9.59 Å². The summed E-state index contributed by atoms with van der Waals surface area (Å²) in [7, 11) is 0. The van der Waals surface area contributed by atoms with Gasteiger partial charge >= 0.3 is 6.03 Å². The van der Waals surface area contributed by atoms with Crippen molar-refractivity contribution in [3.8, 4) is 0 Å². The quantitative estimate of drug-likeness (QED) is 0.881. The molecular weight excluding hydrogens is 316 g/mol. The topological polar surface area (TPSA) is 76.0 Å². The van der Waals surface area contributed by atoms with Crippen LogP contribution in [0.1, 0.15) is 50.8 Å². The monoisotopic (exact) mass is 340 g/mol. The van der Waals surface area contributed by atoms with Gasteiger partial charge in [0.2, 0.25) is 0 Å². The summed E-state index contributed by atoms with van der Waals surface area (Å²) < 4.78 is 1.78. The molecule has 2 N–H and O–H groups in total. The fourth-order valence-electron chi connectivity index (χ4n) is 3.92. The van der Waals surface area contributed by atoms with Crippen molar-refractivity contribution in [3.63, 3.8) is 0 Å². The first-order chi connectivity index (χ1) is 12.2. The Hall–Kier alpha value is -2.37. The van der Waals surface area contributed by atoms with Crippen molar-refractivity contribution in [2.75, 3.05) is 5.32 Å². The lowest BCUT2D eigenvalue weighted by Crippen LogP contribution is -2.39. The number of aromatic nitrogens is 2. The summed E-state index contributed by atoms with van der Waals surface area (Å²) in [6.45, 7) is 0.733. The van der Waals surface area contributed by atoms with Gasteiger partial charge in [-0.1, -0.05) is 19.3 Å². The molecule has 0 atom stereocenters. The molecule has 6 nitrogen and oxygen atoms in total. The van der Waals surface area contributed by atoms with E-state index in [-0.39, 0.29) is 17.6 Å². The van der Waals surface area contributed by atoms with E-state index >= 15 is 0 Å². The fourth-order valence-corrected chi connectivity index (χ4v) is 3.92. The maximum absolute atomic E-state index is 12.7. The van der Waals surface area contributed by atoms with Gasteiger partial charge in [0.15, 0.2) is 0 Å². The molecule has 132 valence electrons. The van der Waals surface area contributed by atoms with Gasteiger partial charge in [-0.3, -0.25) is 9.36 Å². The van der Waals surface area contributed by atoms with Crippen LogP contribution in [-0.4, -0.2) is 21.6 Å². The largest absolute Gasteiger partial charge is 0.335 e. The van der Waals surface area contributed by atoms with Gasteiger partial charge in [-0.05, 0) is 43.9 Å². The second-order valence-electron chi connectivity index (χ2n) is 7.11. The molecule has 4 rings (SSSR count). The van der Waals surface area contributed by atoms with Crippen LogP contribution in [-0.2, 0) is 13.0 Å². The summed E-state index contributed by atoms with van der Waals surface area (Å²) in [6, 6.07) is 5.44. The Morgan fingerprint density at radius 2 is 1.96 bits per heavy atom. The van der Waals surface area contributed by atoms with Crippen LogP contribution in [0.2, 0.25) is 0 Å². The SMILES string of the molecule is O=C(Nc1ccc2nc3n(c(=O)c2c1)CCCC3)NC1CCCCC1. The number of hydrogen-bond donors (Lipinski definition) is 2. The standard InChI is InChI=1S/C19H24N4O2/c24-18-15-12-14(21-19(25)20-13-6-2-1-3-7-13)9-10-16(15)22-17-8-4-5-11-23(17)18/h9-10,12-13H,1-8,11H2,(H2,20,21,25). The summed E-state index contributed by atoms with van der Waals surface area (Å²) >= 11 is 0. The summed E-state index contributed by atoms with van der Waals surface area (Å²) in [6.07, 6.45) is 8.65. The van der Waals surface area contributed by atoms with E-state index in [1.54, 1.807) is 10.6 Å². The van der Waals surface area contributed by atoms with Gasteiger partial charge in [0.05, 0.1) is 10.9 Å². The smallest absolute Gasteiger partial charge is 0.319 e. The number of urea groups is 1. The number of fused-ring (bicyclic) bond motifs is 2. The average Bonchev–Trinajstić information content (AvgIpc) is 2.63. The lowest BCUT2D eigenvalue weighted by Gasteiger charge is -2.23. The van der Waals surface area contributed by atoms with Crippen molar-refractivity contribution in [2.24, 2.45) is 0 Å². The lowest BCUT2D eigenvalue weighted by atomic mass is 9.96. The number of hydrogen-bond acceptors (Lipinski definition) is 3. The Balaban J connectivity index is 1.55. The van der Waals surface area contributed by atoms with Crippen molar-refractivity contribution in [1.29, 1.82) is 0 Å². The molecule has 1 aromatic carbocycles. The minimum atomic E-state index is -0.197. The first-order valence-corrected chi connectivity index (χ1v) is 9.32. The van der Waals surface area contributed by atoms with E-state index in [4.69, 9.17) is 0 Å². The number of carbonyl (C=O) groups is 1. The van der Waals surface area contributed by atoms with Crippen molar-refractivity contribution >= 4 is 22.6 Å². The molecule has 2 heterocycles. The Morgan fingerprint density at radius 3 is 2.80 bits per heavy atom. The second kappa shape index (κ2) is 6.86. The summed E-state index contributed by atoms with van der Waals surface area (Å²) in [5.74, 6) is 0.875. The first kappa shape index (κ1) is 16.1. The van der Waals surface area contributed by atoms with Gasteiger partial charge in [-0.25, -0.2) is 9.78 Å². The Kier molecular flexibility index (Phi) is 4.42. The molecule has 1 aliphatic carbocycles. The van der Waals surface area contributed by atoms with E-state index in [1.165, 1.54) is 19.3 Å². The number of benzene rings is 1. The number of anilines is 1. The van der Waals surface area contributed by atoms with Crippen LogP contribution in [0.15, 0.2) is 23.0 Å². The Labute approximate surface area is 146 Å². The fraction of sp³-hybridized carbons (Fsp3) is 0.526. The zero-order valence-corrected chi connectivity index (χ0v) is 14.4. The highest BCUT2D eigenvalue weighted by Gasteiger charge is 2.17. The lowest BCUT2D eigenvalue weighted by molar-refractivity contribution is 0.244. The highest BCUT2D eigenvalue weighted by Crippen LogP contribution is 2.20. The molecule has 0 unspecified atom stereocenters. The van der Waals surface area contributed by atoms with Gasteiger partial charge in [0.25, 0.3) is 5.56 Å². The molecule has 0 spiro atoms. The predicted molar refractivity (Wildman–Crippen MR) is 98.0 cm³/mol. The van der Waals surface area contributed by atoms with Crippen LogP contribution >= 0.6 is 0 Å². The van der Waals surface area contributed by atoms with Gasteiger partial charge < -0.3 is 10.6 Å². The van der Waals surface area contributed by atoms with Crippen LogP contribution < -0.4 is 16.2 Å². The number of aryl methyl sites for hydroxylation is 1. The third-order valence-electron chi connectivity index (χ3n) is 5.26. The van der Waals surface area contributed by atoms with Crippen LogP contribution in [0.4, 0.5) is 10.5 Å². The third kappa shape index (κ3) is 3.38. The van der Waals surface area contributed by atoms with Gasteiger partial charge in [-0.2, -0.15) is 0 Å². The summed E-state index contributed by atoms with van der Waals surface area (Å²) in [5.41, 5.74) is 1.34. The number of nitrogens with one attached hydrogen (secondary N) is 2. The predicted octanol–water partition coefficient (Wildman–Crippen LogP) is 3.19. The van der Waals surface area contributed by atoms with Crippen molar-refractivity contribution in [1.82, 2.24) is 14.9 Å². The third-order valence-corrected chi connectivity index (χ3v) is 5.26. The molecule has 0 bridgehead atoms. The first-order valence-electron chi connectivity index (χ1n) is 9.32. The normalized spacial score (nSPS) is 17.9. The molecular formula is C19H24N4O2. The molecule has 0 radical (unpaired) electrons. The van der Waals surface area contributed by atoms with E-state index in [1.807, 2.05) is 12.1 Å². The van der Waals surface area contributed by atoms with Gasteiger partial charge in [0.1, 0.15) is 5.82 Å². The summed E-state index contributed by atoms with van der Waals surface area (Å²) in [4.78, 5) is 29.6. The zero-order valence-electron chi connectivity index (χ0n) is 14.4. The number of amides is 2. The van der Waals surface area contributed by atoms with Crippen LogP contribution in [0.25, 0.3) is 10.9 Å². The highest BCUT2D eigenvalue weighted by atomic mass is 16.2. The second-order valence-corrected chi connectivity index (χ2v) is 7.11.